The van der Waals surface area contributed by atoms with Gasteiger partial charge in [-0.15, -0.1) is 0 Å². The Morgan fingerprint density at radius 1 is 1.00 bits per heavy atom. The van der Waals surface area contributed by atoms with Gasteiger partial charge in [0.2, 0.25) is 0 Å². The van der Waals surface area contributed by atoms with Crippen molar-refractivity contribution in [3.8, 4) is 16.8 Å². The maximum Gasteiger partial charge on any atom is 0.0675 e. The van der Waals surface area contributed by atoms with Crippen LogP contribution in [-0.2, 0) is 0 Å². The van der Waals surface area contributed by atoms with E-state index in [2.05, 4.69) is 37.1 Å². The number of rotatable bonds is 2. The van der Waals surface area contributed by atoms with Crippen molar-refractivity contribution >= 4 is 11.6 Å². The first-order valence-corrected chi connectivity index (χ1v) is 6.89. The summed E-state index contributed by atoms with van der Waals surface area (Å²) in [5.41, 5.74) is 5.71. The topological polar surface area (TPSA) is 17.8 Å². The van der Waals surface area contributed by atoms with Gasteiger partial charge in [0.25, 0.3) is 0 Å². The van der Waals surface area contributed by atoms with E-state index in [1.807, 2.05) is 41.3 Å². The summed E-state index contributed by atoms with van der Waals surface area (Å²) in [6, 6.07) is 14.2. The maximum atomic E-state index is 6.03. The summed E-state index contributed by atoms with van der Waals surface area (Å²) >= 11 is 6.03. The summed E-state index contributed by atoms with van der Waals surface area (Å²) < 4.78 is 1.91. The Morgan fingerprint density at radius 2 is 1.85 bits per heavy atom. The molecule has 0 amide bonds. The highest BCUT2D eigenvalue weighted by molar-refractivity contribution is 6.30. The zero-order valence-corrected chi connectivity index (χ0v) is 12.2. The van der Waals surface area contributed by atoms with Gasteiger partial charge in [-0.3, -0.25) is 0 Å². The van der Waals surface area contributed by atoms with Crippen molar-refractivity contribution in [3.05, 3.63) is 71.0 Å². The minimum atomic E-state index is 0.738. The molecule has 3 rings (SSSR count). The van der Waals surface area contributed by atoms with Crippen LogP contribution in [0.25, 0.3) is 16.8 Å². The standard InChI is InChI=1S/C17H15ClN2/c1-12-6-7-17(13(2)8-12)20-11-15(10-19-20)14-4-3-5-16(18)9-14/h3-11H,1-2H3. The van der Waals surface area contributed by atoms with E-state index in [-0.39, 0.29) is 0 Å². The van der Waals surface area contributed by atoms with Crippen LogP contribution in [0.4, 0.5) is 0 Å². The van der Waals surface area contributed by atoms with Crippen LogP contribution in [-0.4, -0.2) is 9.78 Å². The predicted molar refractivity (Wildman–Crippen MR) is 83.5 cm³/mol. The summed E-state index contributed by atoms with van der Waals surface area (Å²) in [5, 5.41) is 5.19. The summed E-state index contributed by atoms with van der Waals surface area (Å²) in [5.74, 6) is 0. The average Bonchev–Trinajstić information content (AvgIpc) is 2.88. The molecule has 0 atom stereocenters. The monoisotopic (exact) mass is 282 g/mol. The van der Waals surface area contributed by atoms with Gasteiger partial charge in [0, 0.05) is 16.8 Å². The first kappa shape index (κ1) is 12.9. The van der Waals surface area contributed by atoms with Gasteiger partial charge in [0.15, 0.2) is 0 Å². The van der Waals surface area contributed by atoms with E-state index in [1.54, 1.807) is 0 Å². The highest BCUT2D eigenvalue weighted by Crippen LogP contribution is 2.24. The predicted octanol–water partition coefficient (Wildman–Crippen LogP) is 4.81. The molecule has 0 unspecified atom stereocenters. The average molecular weight is 283 g/mol. The molecule has 0 bridgehead atoms. The lowest BCUT2D eigenvalue weighted by atomic mass is 10.1. The largest absolute Gasteiger partial charge is 0.240 e. The van der Waals surface area contributed by atoms with E-state index in [0.717, 1.165) is 21.8 Å². The molecular weight excluding hydrogens is 268 g/mol. The van der Waals surface area contributed by atoms with E-state index in [1.165, 1.54) is 11.1 Å². The third-order valence-electron chi connectivity index (χ3n) is 3.34. The van der Waals surface area contributed by atoms with Crippen LogP contribution in [0.5, 0.6) is 0 Å². The maximum absolute atomic E-state index is 6.03. The summed E-state index contributed by atoms with van der Waals surface area (Å²) in [6.45, 7) is 4.19. The molecule has 1 heterocycles. The minimum absolute atomic E-state index is 0.738. The van der Waals surface area contributed by atoms with Crippen LogP contribution in [0.2, 0.25) is 5.02 Å². The Balaban J connectivity index is 2.02. The molecule has 1 aromatic heterocycles. The van der Waals surface area contributed by atoms with Gasteiger partial charge in [-0.25, -0.2) is 4.68 Å². The quantitative estimate of drug-likeness (QED) is 0.659. The van der Waals surface area contributed by atoms with Crippen LogP contribution < -0.4 is 0 Å². The fourth-order valence-corrected chi connectivity index (χ4v) is 2.52. The molecule has 3 aromatic rings. The molecule has 0 spiro atoms. The molecule has 2 nitrogen and oxygen atoms in total. The third kappa shape index (κ3) is 2.47. The van der Waals surface area contributed by atoms with Crippen molar-refractivity contribution in [2.45, 2.75) is 13.8 Å². The van der Waals surface area contributed by atoms with E-state index in [0.29, 0.717) is 0 Å². The smallest absolute Gasteiger partial charge is 0.0675 e. The second kappa shape index (κ2) is 5.14. The van der Waals surface area contributed by atoms with Crippen molar-refractivity contribution < 1.29 is 0 Å². The van der Waals surface area contributed by atoms with Crippen LogP contribution in [0.1, 0.15) is 11.1 Å². The molecule has 3 heteroatoms. The number of aryl methyl sites for hydroxylation is 2. The molecule has 0 saturated carbocycles. The number of halogens is 1. The normalized spacial score (nSPS) is 10.8. The molecule has 0 N–H and O–H groups in total. The Bertz CT molecular complexity index is 759. The number of benzene rings is 2. The molecular formula is C17H15ClN2. The van der Waals surface area contributed by atoms with Crippen LogP contribution >= 0.6 is 11.6 Å². The first-order valence-electron chi connectivity index (χ1n) is 6.52. The molecule has 0 aliphatic rings. The van der Waals surface area contributed by atoms with Gasteiger partial charge < -0.3 is 0 Å². The van der Waals surface area contributed by atoms with Crippen molar-refractivity contribution in [1.29, 1.82) is 0 Å². The summed E-state index contributed by atoms with van der Waals surface area (Å²) in [7, 11) is 0. The van der Waals surface area contributed by atoms with Crippen LogP contribution in [0.15, 0.2) is 54.9 Å². The second-order valence-electron chi connectivity index (χ2n) is 4.97. The van der Waals surface area contributed by atoms with Gasteiger partial charge in [0.05, 0.1) is 11.9 Å². The zero-order chi connectivity index (χ0) is 14.1. The fraction of sp³-hybridized carbons (Fsp3) is 0.118. The molecule has 0 aliphatic carbocycles. The number of aromatic nitrogens is 2. The third-order valence-corrected chi connectivity index (χ3v) is 3.57. The summed E-state index contributed by atoms with van der Waals surface area (Å²) in [4.78, 5) is 0. The molecule has 2 aromatic carbocycles. The van der Waals surface area contributed by atoms with Crippen molar-refractivity contribution in [2.75, 3.05) is 0 Å². The molecule has 100 valence electrons. The van der Waals surface area contributed by atoms with Gasteiger partial charge >= 0.3 is 0 Å². The lowest BCUT2D eigenvalue weighted by molar-refractivity contribution is 0.872. The lowest BCUT2D eigenvalue weighted by Crippen LogP contribution is -1.97. The lowest BCUT2D eigenvalue weighted by Gasteiger charge is -2.06. The first-order chi connectivity index (χ1) is 9.63. The van der Waals surface area contributed by atoms with Crippen LogP contribution in [0.3, 0.4) is 0 Å². The molecule has 0 fully saturated rings. The minimum Gasteiger partial charge on any atom is -0.240 e. The van der Waals surface area contributed by atoms with Gasteiger partial charge in [-0.1, -0.05) is 41.4 Å². The van der Waals surface area contributed by atoms with Crippen molar-refractivity contribution in [2.24, 2.45) is 0 Å². The molecule has 0 saturated heterocycles. The Hall–Kier alpha value is -2.06. The van der Waals surface area contributed by atoms with E-state index in [4.69, 9.17) is 11.6 Å². The molecule has 0 aliphatic heterocycles. The number of hydrogen-bond donors (Lipinski definition) is 0. The Kier molecular flexibility index (Phi) is 3.33. The second-order valence-corrected chi connectivity index (χ2v) is 5.41. The van der Waals surface area contributed by atoms with E-state index < -0.39 is 0 Å². The van der Waals surface area contributed by atoms with E-state index in [9.17, 15) is 0 Å². The zero-order valence-electron chi connectivity index (χ0n) is 11.5. The van der Waals surface area contributed by atoms with Gasteiger partial charge in [-0.05, 0) is 43.2 Å². The van der Waals surface area contributed by atoms with Gasteiger partial charge in [-0.2, -0.15) is 5.10 Å². The van der Waals surface area contributed by atoms with Crippen LogP contribution in [0, 0.1) is 13.8 Å². The molecule has 0 radical (unpaired) electrons. The van der Waals surface area contributed by atoms with Crippen molar-refractivity contribution in [3.63, 3.8) is 0 Å². The Morgan fingerprint density at radius 3 is 2.60 bits per heavy atom. The summed E-state index contributed by atoms with van der Waals surface area (Å²) in [6.07, 6.45) is 3.90. The highest BCUT2D eigenvalue weighted by Gasteiger charge is 2.06. The number of nitrogens with zero attached hydrogens (tertiary/aromatic N) is 2. The highest BCUT2D eigenvalue weighted by atomic mass is 35.5. The van der Waals surface area contributed by atoms with E-state index >= 15 is 0 Å². The Labute approximate surface area is 123 Å². The van der Waals surface area contributed by atoms with Gasteiger partial charge in [0.1, 0.15) is 0 Å². The van der Waals surface area contributed by atoms with Crippen molar-refractivity contribution in [1.82, 2.24) is 9.78 Å². The SMILES string of the molecule is Cc1ccc(-n2cc(-c3cccc(Cl)c3)cn2)c(C)c1. The fourth-order valence-electron chi connectivity index (χ4n) is 2.33. The molecule has 20 heavy (non-hydrogen) atoms. The number of hydrogen-bond acceptors (Lipinski definition) is 1.